The third-order valence-electron chi connectivity index (χ3n) is 4.99. The van der Waals surface area contributed by atoms with E-state index in [-0.39, 0.29) is 0 Å². The van der Waals surface area contributed by atoms with Crippen molar-refractivity contribution in [3.05, 3.63) is 71.3 Å². The summed E-state index contributed by atoms with van der Waals surface area (Å²) in [5.74, 6) is 0. The highest BCUT2D eigenvalue weighted by molar-refractivity contribution is 5.29. The Labute approximate surface area is 135 Å². The van der Waals surface area contributed by atoms with Gasteiger partial charge >= 0.3 is 0 Å². The van der Waals surface area contributed by atoms with Crippen molar-refractivity contribution in [2.45, 2.75) is 51.6 Å². The molecule has 2 aromatic carbocycles. The third-order valence-corrected chi connectivity index (χ3v) is 4.99. The van der Waals surface area contributed by atoms with Gasteiger partial charge in [-0.25, -0.2) is 0 Å². The van der Waals surface area contributed by atoms with Crippen LogP contribution >= 0.6 is 0 Å². The van der Waals surface area contributed by atoms with Crippen LogP contribution in [-0.2, 0) is 19.4 Å². The van der Waals surface area contributed by atoms with Gasteiger partial charge in [0.25, 0.3) is 0 Å². The Morgan fingerprint density at radius 1 is 0.955 bits per heavy atom. The molecule has 1 atom stereocenters. The highest BCUT2D eigenvalue weighted by Crippen LogP contribution is 2.23. The molecule has 0 fully saturated rings. The minimum atomic E-state index is 0.733. The first-order valence-electron chi connectivity index (χ1n) is 8.71. The quantitative estimate of drug-likeness (QED) is 0.736. The second kappa shape index (κ2) is 7.60. The molecule has 0 radical (unpaired) electrons. The lowest BCUT2D eigenvalue weighted by Crippen LogP contribution is -2.39. The van der Waals surface area contributed by atoms with Crippen molar-refractivity contribution in [3.63, 3.8) is 0 Å². The Balaban J connectivity index is 1.54. The number of fused-ring (bicyclic) bond motifs is 1. The Hall–Kier alpha value is -1.60. The monoisotopic (exact) mass is 293 g/mol. The van der Waals surface area contributed by atoms with E-state index in [1.807, 2.05) is 0 Å². The maximum absolute atomic E-state index is 2.70. The fraction of sp³-hybridized carbons (Fsp3) is 0.429. The molecule has 0 N–H and O–H groups in total. The van der Waals surface area contributed by atoms with Crippen LogP contribution in [-0.4, -0.2) is 17.5 Å². The average Bonchev–Trinajstić information content (AvgIpc) is 2.59. The standard InChI is InChI=1S/C21H27N/c1-2-21(14-8-11-18-9-4-3-5-10-18)22-16-15-19-12-6-7-13-20(19)17-22/h3-7,9-10,12-13,21H,2,8,11,14-17H2,1H3. The zero-order valence-corrected chi connectivity index (χ0v) is 13.7. The minimum absolute atomic E-state index is 0.733. The molecule has 116 valence electrons. The van der Waals surface area contributed by atoms with Gasteiger partial charge in [-0.15, -0.1) is 0 Å². The molecule has 1 aliphatic rings. The van der Waals surface area contributed by atoms with E-state index in [9.17, 15) is 0 Å². The van der Waals surface area contributed by atoms with E-state index in [2.05, 4.69) is 66.4 Å². The van der Waals surface area contributed by atoms with Gasteiger partial charge in [0.05, 0.1) is 0 Å². The Morgan fingerprint density at radius 2 is 1.68 bits per heavy atom. The predicted octanol–water partition coefficient (Wildman–Crippen LogP) is 4.85. The van der Waals surface area contributed by atoms with Gasteiger partial charge in [-0.05, 0) is 48.8 Å². The van der Waals surface area contributed by atoms with Crippen molar-refractivity contribution in [2.24, 2.45) is 0 Å². The SMILES string of the molecule is CCC(CCCc1ccccc1)N1CCc2ccccc2C1. The minimum Gasteiger partial charge on any atom is -0.296 e. The van der Waals surface area contributed by atoms with Crippen LogP contribution in [0.25, 0.3) is 0 Å². The number of rotatable bonds is 6. The van der Waals surface area contributed by atoms with Gasteiger partial charge in [0.1, 0.15) is 0 Å². The first-order valence-corrected chi connectivity index (χ1v) is 8.71. The molecular formula is C21H27N. The van der Waals surface area contributed by atoms with Crippen molar-refractivity contribution in [3.8, 4) is 0 Å². The topological polar surface area (TPSA) is 3.24 Å². The highest BCUT2D eigenvalue weighted by atomic mass is 15.2. The van der Waals surface area contributed by atoms with Crippen LogP contribution in [0.3, 0.4) is 0 Å². The van der Waals surface area contributed by atoms with Crippen LogP contribution in [0.4, 0.5) is 0 Å². The Bertz CT molecular complexity index is 575. The van der Waals surface area contributed by atoms with Crippen molar-refractivity contribution in [2.75, 3.05) is 6.54 Å². The normalized spacial score (nSPS) is 16.2. The first kappa shape index (κ1) is 15.3. The lowest BCUT2D eigenvalue weighted by Gasteiger charge is -2.35. The van der Waals surface area contributed by atoms with Crippen molar-refractivity contribution >= 4 is 0 Å². The summed E-state index contributed by atoms with van der Waals surface area (Å²) in [6, 6.07) is 20.6. The molecule has 1 heterocycles. The Morgan fingerprint density at radius 3 is 2.45 bits per heavy atom. The summed E-state index contributed by atoms with van der Waals surface area (Å²) in [6.45, 7) is 4.70. The van der Waals surface area contributed by atoms with Gasteiger partial charge in [-0.2, -0.15) is 0 Å². The number of hydrogen-bond donors (Lipinski definition) is 0. The second-order valence-corrected chi connectivity index (χ2v) is 6.43. The third kappa shape index (κ3) is 3.78. The molecule has 22 heavy (non-hydrogen) atoms. The molecule has 1 unspecified atom stereocenters. The molecule has 0 saturated heterocycles. The van der Waals surface area contributed by atoms with E-state index < -0.39 is 0 Å². The van der Waals surface area contributed by atoms with Crippen LogP contribution in [0.2, 0.25) is 0 Å². The summed E-state index contributed by atoms with van der Waals surface area (Å²) < 4.78 is 0. The van der Waals surface area contributed by atoms with Crippen molar-refractivity contribution < 1.29 is 0 Å². The zero-order valence-electron chi connectivity index (χ0n) is 13.7. The summed E-state index contributed by atoms with van der Waals surface area (Å²) in [6.07, 6.45) is 6.29. The fourth-order valence-electron chi connectivity index (χ4n) is 3.66. The lowest BCUT2D eigenvalue weighted by molar-refractivity contribution is 0.162. The number of hydrogen-bond acceptors (Lipinski definition) is 1. The summed E-state index contributed by atoms with van der Waals surface area (Å²) in [5.41, 5.74) is 4.56. The van der Waals surface area contributed by atoms with Gasteiger partial charge in [0, 0.05) is 19.1 Å². The molecule has 0 amide bonds. The average molecular weight is 293 g/mol. The summed E-state index contributed by atoms with van der Waals surface area (Å²) in [4.78, 5) is 2.70. The number of nitrogens with zero attached hydrogens (tertiary/aromatic N) is 1. The van der Waals surface area contributed by atoms with Gasteiger partial charge in [0.15, 0.2) is 0 Å². The largest absolute Gasteiger partial charge is 0.296 e. The van der Waals surface area contributed by atoms with Crippen molar-refractivity contribution in [1.82, 2.24) is 4.90 Å². The molecule has 1 heteroatoms. The predicted molar refractivity (Wildman–Crippen MR) is 94.0 cm³/mol. The first-order chi connectivity index (χ1) is 10.9. The van der Waals surface area contributed by atoms with Crippen LogP contribution in [0.1, 0.15) is 42.9 Å². The van der Waals surface area contributed by atoms with Crippen molar-refractivity contribution in [1.29, 1.82) is 0 Å². The molecule has 1 nitrogen and oxygen atoms in total. The maximum atomic E-state index is 2.70. The highest BCUT2D eigenvalue weighted by Gasteiger charge is 2.21. The van der Waals surface area contributed by atoms with E-state index in [1.165, 1.54) is 49.8 Å². The van der Waals surface area contributed by atoms with E-state index in [4.69, 9.17) is 0 Å². The Kier molecular flexibility index (Phi) is 5.29. The molecule has 3 rings (SSSR count). The molecule has 0 saturated carbocycles. The summed E-state index contributed by atoms with van der Waals surface area (Å²) in [7, 11) is 0. The van der Waals surface area contributed by atoms with E-state index in [0.717, 1.165) is 12.6 Å². The molecule has 0 spiro atoms. The molecule has 0 aromatic heterocycles. The van der Waals surface area contributed by atoms with Crippen LogP contribution in [0.5, 0.6) is 0 Å². The van der Waals surface area contributed by atoms with Crippen LogP contribution in [0, 0.1) is 0 Å². The summed E-state index contributed by atoms with van der Waals surface area (Å²) in [5, 5.41) is 0. The lowest BCUT2D eigenvalue weighted by atomic mass is 9.96. The molecule has 2 aromatic rings. The fourth-order valence-corrected chi connectivity index (χ4v) is 3.66. The molecule has 1 aliphatic heterocycles. The van der Waals surface area contributed by atoms with Gasteiger partial charge < -0.3 is 0 Å². The van der Waals surface area contributed by atoms with Gasteiger partial charge in [0.2, 0.25) is 0 Å². The molecular weight excluding hydrogens is 266 g/mol. The second-order valence-electron chi connectivity index (χ2n) is 6.43. The van der Waals surface area contributed by atoms with E-state index >= 15 is 0 Å². The van der Waals surface area contributed by atoms with Gasteiger partial charge in [-0.3, -0.25) is 4.90 Å². The van der Waals surface area contributed by atoms with Gasteiger partial charge in [-0.1, -0.05) is 61.5 Å². The number of benzene rings is 2. The number of aryl methyl sites for hydroxylation is 1. The smallest absolute Gasteiger partial charge is 0.0239 e. The van der Waals surface area contributed by atoms with Crippen LogP contribution in [0.15, 0.2) is 54.6 Å². The summed E-state index contributed by atoms with van der Waals surface area (Å²) >= 11 is 0. The zero-order chi connectivity index (χ0) is 15.2. The molecule has 0 aliphatic carbocycles. The molecule has 0 bridgehead atoms. The van der Waals surface area contributed by atoms with Crippen LogP contribution < -0.4 is 0 Å². The van der Waals surface area contributed by atoms with E-state index in [1.54, 1.807) is 5.56 Å². The maximum Gasteiger partial charge on any atom is 0.0239 e. The van der Waals surface area contributed by atoms with E-state index in [0.29, 0.717) is 0 Å².